The van der Waals surface area contributed by atoms with Crippen molar-refractivity contribution in [2.75, 3.05) is 30.5 Å². The van der Waals surface area contributed by atoms with Gasteiger partial charge in [0.2, 0.25) is 5.95 Å². The first kappa shape index (κ1) is 19.1. The number of ether oxygens (including phenoxy) is 2. The van der Waals surface area contributed by atoms with Gasteiger partial charge in [-0.25, -0.2) is 14.8 Å². The van der Waals surface area contributed by atoms with Crippen LogP contribution in [0, 0.1) is 0 Å². The third-order valence-corrected chi connectivity index (χ3v) is 4.94. The molecule has 0 radical (unpaired) electrons. The van der Waals surface area contributed by atoms with E-state index in [2.05, 4.69) is 27.1 Å². The average Bonchev–Trinajstić information content (AvgIpc) is 2.69. The molecule has 1 fully saturated rings. The van der Waals surface area contributed by atoms with Crippen molar-refractivity contribution in [3.63, 3.8) is 0 Å². The van der Waals surface area contributed by atoms with Crippen molar-refractivity contribution >= 4 is 17.6 Å². The number of carbonyl (C=O) groups is 1. The lowest BCUT2D eigenvalue weighted by atomic mass is 9.92. The van der Waals surface area contributed by atoms with Crippen LogP contribution >= 0.6 is 0 Å². The Morgan fingerprint density at radius 3 is 2.63 bits per heavy atom. The molecule has 1 N–H and O–H groups in total. The number of carbonyl (C=O) groups excluding carboxylic acids is 1. The summed E-state index contributed by atoms with van der Waals surface area (Å²) in [6.07, 6.45) is 5.32. The molecule has 0 unspecified atom stereocenters. The van der Waals surface area contributed by atoms with E-state index in [0.717, 1.165) is 25.1 Å². The Bertz CT molecular complexity index is 754. The van der Waals surface area contributed by atoms with Gasteiger partial charge in [0.05, 0.1) is 18.3 Å². The second-order valence-electron chi connectivity index (χ2n) is 6.63. The quantitative estimate of drug-likeness (QED) is 0.783. The van der Waals surface area contributed by atoms with Crippen LogP contribution in [0.1, 0.15) is 37.0 Å². The van der Waals surface area contributed by atoms with Crippen molar-refractivity contribution in [1.29, 1.82) is 0 Å². The van der Waals surface area contributed by atoms with Gasteiger partial charge in [-0.3, -0.25) is 0 Å². The minimum absolute atomic E-state index is 0.0419. The van der Waals surface area contributed by atoms with Crippen molar-refractivity contribution < 1.29 is 14.3 Å². The van der Waals surface area contributed by atoms with Crippen molar-refractivity contribution in [3.8, 4) is 0 Å². The van der Waals surface area contributed by atoms with E-state index in [-0.39, 0.29) is 12.1 Å². The smallest absolute Gasteiger partial charge is 0.338 e. The minimum Gasteiger partial charge on any atom is -0.462 e. The van der Waals surface area contributed by atoms with Gasteiger partial charge in [0.1, 0.15) is 5.66 Å². The van der Waals surface area contributed by atoms with Gasteiger partial charge < -0.3 is 19.7 Å². The van der Waals surface area contributed by atoms with Crippen LogP contribution in [-0.4, -0.2) is 48.0 Å². The van der Waals surface area contributed by atoms with Gasteiger partial charge in [-0.1, -0.05) is 0 Å². The summed E-state index contributed by atoms with van der Waals surface area (Å²) in [5.74, 6) is 0.244. The van der Waals surface area contributed by atoms with Crippen LogP contribution < -0.4 is 10.2 Å². The number of piperidine rings is 1. The number of hydrogen-bond donors (Lipinski definition) is 1. The van der Waals surface area contributed by atoms with Crippen molar-refractivity contribution in [2.45, 2.75) is 38.5 Å². The number of nitrogens with one attached hydrogen (secondary N) is 1. The van der Waals surface area contributed by atoms with Crippen molar-refractivity contribution in [2.24, 2.45) is 0 Å². The summed E-state index contributed by atoms with van der Waals surface area (Å²) in [4.78, 5) is 22.8. The van der Waals surface area contributed by atoms with Gasteiger partial charge in [-0.05, 0) is 57.0 Å². The normalized spacial score (nSPS) is 22.3. The molecule has 0 amide bonds. The topological polar surface area (TPSA) is 76.6 Å². The average molecular weight is 370 g/mol. The van der Waals surface area contributed by atoms with Gasteiger partial charge in [-0.2, -0.15) is 0 Å². The molecule has 0 aliphatic carbocycles. The number of anilines is 2. The molecular formula is C20H26N4O3. The first-order valence-electron chi connectivity index (χ1n) is 9.21. The highest BCUT2D eigenvalue weighted by atomic mass is 16.5. The molecule has 2 heterocycles. The number of hydrogen-bond acceptors (Lipinski definition) is 7. The highest BCUT2D eigenvalue weighted by molar-refractivity contribution is 5.89. The van der Waals surface area contributed by atoms with Crippen LogP contribution in [-0.2, 0) is 9.47 Å². The molecule has 0 bridgehead atoms. The standard InChI is InChI=1S/C20H26N4O3/c1-4-27-18(25)15-8-10-16(11-9-15)24-14-5-7-17(26-3)20(24,2)23-19-21-12-6-13-22-19/h6,8-13,17H,4-5,7,14H2,1-3H3,(H,21,22,23)/t17-,20-/m1/s1. The lowest BCUT2D eigenvalue weighted by molar-refractivity contribution is 0.0283. The van der Waals surface area contributed by atoms with E-state index < -0.39 is 5.66 Å². The van der Waals surface area contributed by atoms with E-state index in [1.165, 1.54) is 0 Å². The molecule has 27 heavy (non-hydrogen) atoms. The molecule has 1 aliphatic heterocycles. The monoisotopic (exact) mass is 370 g/mol. The second kappa shape index (κ2) is 8.35. The molecule has 0 saturated carbocycles. The van der Waals surface area contributed by atoms with Gasteiger partial charge >= 0.3 is 5.97 Å². The Kier molecular flexibility index (Phi) is 5.91. The summed E-state index contributed by atoms with van der Waals surface area (Å²) in [5.41, 5.74) is 1.01. The summed E-state index contributed by atoms with van der Waals surface area (Å²) >= 11 is 0. The zero-order valence-corrected chi connectivity index (χ0v) is 16.0. The first-order valence-corrected chi connectivity index (χ1v) is 9.21. The Hall–Kier alpha value is -2.67. The Balaban J connectivity index is 1.90. The molecule has 7 heteroatoms. The van der Waals surface area contributed by atoms with Gasteiger partial charge in [0.15, 0.2) is 0 Å². The fraction of sp³-hybridized carbons (Fsp3) is 0.450. The van der Waals surface area contributed by atoms with E-state index in [9.17, 15) is 4.79 Å². The van der Waals surface area contributed by atoms with Gasteiger partial charge in [-0.15, -0.1) is 0 Å². The number of benzene rings is 1. The van der Waals surface area contributed by atoms with E-state index in [4.69, 9.17) is 9.47 Å². The third kappa shape index (κ3) is 4.03. The summed E-state index contributed by atoms with van der Waals surface area (Å²) in [6.45, 7) is 5.11. The zero-order valence-electron chi connectivity index (χ0n) is 16.0. The van der Waals surface area contributed by atoms with Crippen LogP contribution in [0.3, 0.4) is 0 Å². The zero-order chi connectivity index (χ0) is 19.3. The molecule has 2 aromatic rings. The lowest BCUT2D eigenvalue weighted by Gasteiger charge is -2.50. The third-order valence-electron chi connectivity index (χ3n) is 4.94. The van der Waals surface area contributed by atoms with Crippen molar-refractivity contribution in [1.82, 2.24) is 9.97 Å². The molecule has 1 aromatic carbocycles. The summed E-state index contributed by atoms with van der Waals surface area (Å²) in [7, 11) is 1.73. The number of methoxy groups -OCH3 is 1. The number of aromatic nitrogens is 2. The van der Waals surface area contributed by atoms with E-state index in [1.807, 2.05) is 12.1 Å². The second-order valence-corrected chi connectivity index (χ2v) is 6.63. The van der Waals surface area contributed by atoms with Crippen LogP contribution in [0.4, 0.5) is 11.6 Å². The summed E-state index contributed by atoms with van der Waals surface area (Å²) in [6, 6.07) is 9.26. The molecular weight excluding hydrogens is 344 g/mol. The maximum absolute atomic E-state index is 11.9. The van der Waals surface area contributed by atoms with E-state index in [1.54, 1.807) is 44.6 Å². The predicted molar refractivity (Wildman–Crippen MR) is 104 cm³/mol. The summed E-state index contributed by atoms with van der Waals surface area (Å²) < 4.78 is 10.9. The Morgan fingerprint density at radius 1 is 1.30 bits per heavy atom. The molecule has 1 saturated heterocycles. The maximum atomic E-state index is 11.9. The summed E-state index contributed by atoms with van der Waals surface area (Å²) in [5, 5.41) is 3.45. The predicted octanol–water partition coefficient (Wildman–Crippen LogP) is 3.10. The SMILES string of the molecule is CCOC(=O)c1ccc(N2CCC[C@@H](OC)[C@]2(C)Nc2ncccn2)cc1. The largest absolute Gasteiger partial charge is 0.462 e. The lowest BCUT2D eigenvalue weighted by Crippen LogP contribution is -2.64. The fourth-order valence-electron chi connectivity index (χ4n) is 3.60. The number of esters is 1. The van der Waals surface area contributed by atoms with Crippen LogP contribution in [0.25, 0.3) is 0 Å². The Morgan fingerprint density at radius 2 is 2.00 bits per heavy atom. The van der Waals surface area contributed by atoms with E-state index >= 15 is 0 Å². The molecule has 144 valence electrons. The van der Waals surface area contributed by atoms with Gasteiger partial charge in [0, 0.05) is 31.7 Å². The highest BCUT2D eigenvalue weighted by Gasteiger charge is 2.43. The number of nitrogens with zero attached hydrogens (tertiary/aromatic N) is 3. The molecule has 1 aromatic heterocycles. The minimum atomic E-state index is -0.528. The Labute approximate surface area is 159 Å². The molecule has 0 spiro atoms. The van der Waals surface area contributed by atoms with Crippen LogP contribution in [0.2, 0.25) is 0 Å². The van der Waals surface area contributed by atoms with Crippen molar-refractivity contribution in [3.05, 3.63) is 48.3 Å². The van der Waals surface area contributed by atoms with Crippen LogP contribution in [0.5, 0.6) is 0 Å². The van der Waals surface area contributed by atoms with E-state index in [0.29, 0.717) is 18.1 Å². The first-order chi connectivity index (χ1) is 13.1. The van der Waals surface area contributed by atoms with Crippen LogP contribution in [0.15, 0.2) is 42.7 Å². The molecule has 1 aliphatic rings. The number of rotatable bonds is 6. The maximum Gasteiger partial charge on any atom is 0.338 e. The fourth-order valence-corrected chi connectivity index (χ4v) is 3.60. The molecule has 3 rings (SSSR count). The van der Waals surface area contributed by atoms with Gasteiger partial charge in [0.25, 0.3) is 0 Å². The molecule has 2 atom stereocenters. The highest BCUT2D eigenvalue weighted by Crippen LogP contribution is 2.35. The molecule has 7 nitrogen and oxygen atoms in total.